The molecule has 0 unspecified atom stereocenters. The van der Waals surface area contributed by atoms with E-state index in [1.54, 1.807) is 28.0 Å². The molecule has 8 nitrogen and oxygen atoms in total. The van der Waals surface area contributed by atoms with Gasteiger partial charge >= 0.3 is 0 Å². The van der Waals surface area contributed by atoms with Gasteiger partial charge in [-0.25, -0.2) is 5.10 Å². The molecule has 1 spiro atoms. The second kappa shape index (κ2) is 7.18. The number of anilines is 1. The standard InChI is InChI=1S/C20H22ClN5O3/c1-13(2)25-10-18(28)26(9-14-3-5-15(21)6-4-14)20(19(25)29)11-24(12-20)16-7-8-17(27)23-22-16/h3-8,13H,9-12H2,1-2H3,(H,23,27). The third-order valence-electron chi connectivity index (χ3n) is 5.55. The molecule has 4 rings (SSSR count). The summed E-state index contributed by atoms with van der Waals surface area (Å²) >= 11 is 5.97. The lowest BCUT2D eigenvalue weighted by atomic mass is 9.83. The number of amides is 2. The van der Waals surface area contributed by atoms with Gasteiger partial charge in [-0.3, -0.25) is 14.4 Å². The van der Waals surface area contributed by atoms with Crippen LogP contribution < -0.4 is 10.5 Å². The number of hydrogen-bond acceptors (Lipinski definition) is 5. The molecular formula is C20H22ClN5O3. The number of H-pyrrole nitrogens is 1. The summed E-state index contributed by atoms with van der Waals surface area (Å²) in [5.74, 6) is 0.438. The van der Waals surface area contributed by atoms with Crippen molar-refractivity contribution in [3.05, 3.63) is 57.3 Å². The van der Waals surface area contributed by atoms with E-state index < -0.39 is 5.54 Å². The van der Waals surface area contributed by atoms with Crippen LogP contribution in [0.2, 0.25) is 5.02 Å². The molecule has 0 saturated carbocycles. The van der Waals surface area contributed by atoms with Gasteiger partial charge in [0.15, 0.2) is 5.54 Å². The number of hydrogen-bond donors (Lipinski definition) is 1. The van der Waals surface area contributed by atoms with E-state index in [0.29, 0.717) is 30.5 Å². The zero-order valence-electron chi connectivity index (χ0n) is 16.3. The van der Waals surface area contributed by atoms with Crippen LogP contribution >= 0.6 is 11.6 Å². The van der Waals surface area contributed by atoms with Crippen LogP contribution in [0.3, 0.4) is 0 Å². The van der Waals surface area contributed by atoms with Crippen LogP contribution in [0.15, 0.2) is 41.2 Å². The molecule has 29 heavy (non-hydrogen) atoms. The van der Waals surface area contributed by atoms with Crippen molar-refractivity contribution in [2.45, 2.75) is 32.0 Å². The monoisotopic (exact) mass is 415 g/mol. The van der Waals surface area contributed by atoms with Crippen molar-refractivity contribution in [3.63, 3.8) is 0 Å². The van der Waals surface area contributed by atoms with Gasteiger partial charge in [0.05, 0.1) is 13.1 Å². The summed E-state index contributed by atoms with van der Waals surface area (Å²) in [5, 5.41) is 7.07. The van der Waals surface area contributed by atoms with E-state index in [-0.39, 0.29) is 30.0 Å². The average Bonchev–Trinajstić information content (AvgIpc) is 2.65. The van der Waals surface area contributed by atoms with E-state index in [0.717, 1.165) is 5.56 Å². The van der Waals surface area contributed by atoms with Gasteiger partial charge in [0, 0.05) is 23.7 Å². The number of aromatic nitrogens is 2. The van der Waals surface area contributed by atoms with Crippen molar-refractivity contribution < 1.29 is 9.59 Å². The first-order valence-electron chi connectivity index (χ1n) is 9.47. The van der Waals surface area contributed by atoms with Gasteiger partial charge in [0.25, 0.3) is 11.5 Å². The minimum absolute atomic E-state index is 0.0539. The van der Waals surface area contributed by atoms with Crippen molar-refractivity contribution in [1.82, 2.24) is 20.0 Å². The fourth-order valence-corrected chi connectivity index (χ4v) is 4.05. The topological polar surface area (TPSA) is 89.6 Å². The Morgan fingerprint density at radius 1 is 1.10 bits per heavy atom. The van der Waals surface area contributed by atoms with E-state index in [9.17, 15) is 14.4 Å². The van der Waals surface area contributed by atoms with Crippen molar-refractivity contribution in [3.8, 4) is 0 Å². The Kier molecular flexibility index (Phi) is 4.82. The smallest absolute Gasteiger partial charge is 0.264 e. The third-order valence-corrected chi connectivity index (χ3v) is 5.80. The predicted octanol–water partition coefficient (Wildman–Crippen LogP) is 1.26. The van der Waals surface area contributed by atoms with Gasteiger partial charge in [0.1, 0.15) is 12.4 Å². The summed E-state index contributed by atoms with van der Waals surface area (Å²) in [5.41, 5.74) is -0.325. The highest BCUT2D eigenvalue weighted by Gasteiger charge is 2.60. The Morgan fingerprint density at radius 3 is 2.38 bits per heavy atom. The lowest BCUT2D eigenvalue weighted by Crippen LogP contribution is -2.81. The average molecular weight is 416 g/mol. The largest absolute Gasteiger partial charge is 0.349 e. The summed E-state index contributed by atoms with van der Waals surface area (Å²) in [6, 6.07) is 10.2. The maximum atomic E-state index is 13.4. The lowest BCUT2D eigenvalue weighted by Gasteiger charge is -2.58. The zero-order valence-corrected chi connectivity index (χ0v) is 17.0. The first-order chi connectivity index (χ1) is 13.8. The minimum atomic E-state index is -0.947. The van der Waals surface area contributed by atoms with Gasteiger partial charge in [0.2, 0.25) is 5.91 Å². The highest BCUT2D eigenvalue weighted by molar-refractivity contribution is 6.30. The van der Waals surface area contributed by atoms with E-state index >= 15 is 0 Å². The summed E-state index contributed by atoms with van der Waals surface area (Å²) in [6.45, 7) is 4.88. The first kappa shape index (κ1) is 19.4. The van der Waals surface area contributed by atoms with Crippen LogP contribution in [0.25, 0.3) is 0 Å². The summed E-state index contributed by atoms with van der Waals surface area (Å²) in [7, 11) is 0. The molecule has 1 aromatic carbocycles. The normalized spacial score (nSPS) is 18.6. The number of halogens is 1. The molecule has 2 aliphatic rings. The number of nitrogens with one attached hydrogen (secondary N) is 1. The Morgan fingerprint density at radius 2 is 1.79 bits per heavy atom. The van der Waals surface area contributed by atoms with Gasteiger partial charge in [-0.15, -0.1) is 0 Å². The number of piperazine rings is 1. The van der Waals surface area contributed by atoms with Crippen molar-refractivity contribution in [1.29, 1.82) is 0 Å². The molecule has 2 aliphatic heterocycles. The van der Waals surface area contributed by atoms with Crippen molar-refractivity contribution in [2.75, 3.05) is 24.5 Å². The number of benzene rings is 1. The van der Waals surface area contributed by atoms with Crippen LogP contribution in [0.5, 0.6) is 0 Å². The van der Waals surface area contributed by atoms with Gasteiger partial charge in [-0.1, -0.05) is 23.7 Å². The molecule has 2 fully saturated rings. The zero-order chi connectivity index (χ0) is 20.8. The maximum Gasteiger partial charge on any atom is 0.264 e. The Hall–Kier alpha value is -2.87. The number of nitrogens with zero attached hydrogens (tertiary/aromatic N) is 4. The second-order valence-corrected chi connectivity index (χ2v) is 8.24. The van der Waals surface area contributed by atoms with E-state index in [1.807, 2.05) is 30.9 Å². The Bertz CT molecular complexity index is 977. The Balaban J connectivity index is 1.64. The van der Waals surface area contributed by atoms with Crippen LogP contribution in [-0.4, -0.2) is 63.0 Å². The molecule has 0 radical (unpaired) electrons. The molecule has 1 aromatic heterocycles. The number of carbonyl (C=O) groups excluding carboxylic acids is 2. The highest BCUT2D eigenvalue weighted by Crippen LogP contribution is 2.37. The fourth-order valence-electron chi connectivity index (χ4n) is 3.92. The van der Waals surface area contributed by atoms with Crippen LogP contribution in [0, 0.1) is 0 Å². The number of carbonyl (C=O) groups is 2. The SMILES string of the molecule is CC(C)N1CC(=O)N(Cc2ccc(Cl)cc2)C2(CN(c3ccc(=O)[nH]n3)C2)C1=O. The molecule has 2 aromatic rings. The molecule has 9 heteroatoms. The molecule has 2 saturated heterocycles. The van der Waals surface area contributed by atoms with E-state index in [4.69, 9.17) is 11.6 Å². The maximum absolute atomic E-state index is 13.4. The molecule has 152 valence electrons. The first-order valence-corrected chi connectivity index (χ1v) is 9.85. The van der Waals surface area contributed by atoms with Crippen LogP contribution in [0.1, 0.15) is 19.4 Å². The van der Waals surface area contributed by atoms with Gasteiger partial charge in [-0.05, 0) is 37.6 Å². The minimum Gasteiger partial charge on any atom is -0.349 e. The molecular weight excluding hydrogens is 394 g/mol. The van der Waals surface area contributed by atoms with Crippen molar-refractivity contribution >= 4 is 29.2 Å². The quantitative estimate of drug-likeness (QED) is 0.812. The molecule has 3 heterocycles. The van der Waals surface area contributed by atoms with Crippen LogP contribution in [-0.2, 0) is 16.1 Å². The fraction of sp³-hybridized carbons (Fsp3) is 0.400. The Labute approximate surface area is 173 Å². The lowest BCUT2D eigenvalue weighted by molar-refractivity contribution is -0.170. The number of rotatable bonds is 4. The predicted molar refractivity (Wildman–Crippen MR) is 109 cm³/mol. The molecule has 1 N–H and O–H groups in total. The molecule has 0 bridgehead atoms. The van der Waals surface area contributed by atoms with Gasteiger partial charge < -0.3 is 14.7 Å². The molecule has 0 aliphatic carbocycles. The number of aromatic amines is 1. The molecule has 2 amide bonds. The van der Waals surface area contributed by atoms with Gasteiger partial charge in [-0.2, -0.15) is 5.10 Å². The summed E-state index contributed by atoms with van der Waals surface area (Å²) < 4.78 is 0. The van der Waals surface area contributed by atoms with Crippen LogP contribution in [0.4, 0.5) is 5.82 Å². The summed E-state index contributed by atoms with van der Waals surface area (Å²) in [4.78, 5) is 42.9. The highest BCUT2D eigenvalue weighted by atomic mass is 35.5. The van der Waals surface area contributed by atoms with E-state index in [1.165, 1.54) is 6.07 Å². The summed E-state index contributed by atoms with van der Waals surface area (Å²) in [6.07, 6.45) is 0. The second-order valence-electron chi connectivity index (χ2n) is 7.80. The van der Waals surface area contributed by atoms with E-state index in [2.05, 4.69) is 10.2 Å². The molecule has 0 atom stereocenters. The van der Waals surface area contributed by atoms with Crippen molar-refractivity contribution in [2.24, 2.45) is 0 Å². The third kappa shape index (κ3) is 3.37.